The molecule has 0 atom stereocenters. The Bertz CT molecular complexity index is 454. The van der Waals surface area contributed by atoms with E-state index in [1.807, 2.05) is 13.8 Å². The Kier molecular flexibility index (Phi) is 9.78. The van der Waals surface area contributed by atoms with E-state index in [1.54, 1.807) is 18.2 Å². The molecule has 0 aromatic heterocycles. The highest BCUT2D eigenvalue weighted by molar-refractivity contribution is 5.85. The standard InChI is InChI=1S/C16H25FN2O2.ClH/c1-3-16(18,4-2)12-19-15(20)10-7-11-21-14-9-6-5-8-13(14)17;/h5-6,8-9H,3-4,7,10-12,18H2,1-2H3,(H,19,20);1H. The van der Waals surface area contributed by atoms with Crippen LogP contribution < -0.4 is 15.8 Å². The Hall–Kier alpha value is -1.33. The molecule has 0 aliphatic heterocycles. The molecule has 0 radical (unpaired) electrons. The van der Waals surface area contributed by atoms with E-state index in [0.717, 1.165) is 12.8 Å². The average molecular weight is 333 g/mol. The van der Waals surface area contributed by atoms with Crippen LogP contribution in [0.2, 0.25) is 0 Å². The molecule has 0 saturated carbocycles. The van der Waals surface area contributed by atoms with Gasteiger partial charge in [-0.05, 0) is 31.4 Å². The molecule has 0 fully saturated rings. The van der Waals surface area contributed by atoms with Gasteiger partial charge in [0.15, 0.2) is 11.6 Å². The second-order valence-electron chi connectivity index (χ2n) is 5.23. The van der Waals surface area contributed by atoms with Gasteiger partial charge in [0.05, 0.1) is 6.61 Å². The molecule has 0 saturated heterocycles. The van der Waals surface area contributed by atoms with Crippen LogP contribution in [0.15, 0.2) is 24.3 Å². The molecule has 3 N–H and O–H groups in total. The highest BCUT2D eigenvalue weighted by Crippen LogP contribution is 2.15. The fourth-order valence-electron chi connectivity index (χ4n) is 1.84. The van der Waals surface area contributed by atoms with E-state index in [-0.39, 0.29) is 35.4 Å². The molecule has 0 heterocycles. The van der Waals surface area contributed by atoms with Gasteiger partial charge in [-0.15, -0.1) is 12.4 Å². The Balaban J connectivity index is 0.00000441. The Morgan fingerprint density at radius 3 is 2.55 bits per heavy atom. The van der Waals surface area contributed by atoms with Crippen molar-refractivity contribution in [2.45, 2.75) is 45.1 Å². The molecule has 0 aliphatic carbocycles. The number of nitrogens with two attached hydrogens (primary N) is 1. The molecule has 1 rings (SSSR count). The maximum absolute atomic E-state index is 13.3. The summed E-state index contributed by atoms with van der Waals surface area (Å²) < 4.78 is 18.6. The third kappa shape index (κ3) is 7.09. The van der Waals surface area contributed by atoms with Crippen molar-refractivity contribution in [2.75, 3.05) is 13.2 Å². The summed E-state index contributed by atoms with van der Waals surface area (Å²) in [6, 6.07) is 6.23. The average Bonchev–Trinajstić information content (AvgIpc) is 2.51. The van der Waals surface area contributed by atoms with Gasteiger partial charge in [0.25, 0.3) is 0 Å². The molecule has 4 nitrogen and oxygen atoms in total. The lowest BCUT2D eigenvalue weighted by molar-refractivity contribution is -0.121. The van der Waals surface area contributed by atoms with Gasteiger partial charge in [-0.1, -0.05) is 26.0 Å². The highest BCUT2D eigenvalue weighted by Gasteiger charge is 2.20. The number of ether oxygens (including phenoxy) is 1. The first-order valence-corrected chi connectivity index (χ1v) is 7.43. The van der Waals surface area contributed by atoms with Crippen LogP contribution in [0.1, 0.15) is 39.5 Å². The van der Waals surface area contributed by atoms with Crippen molar-refractivity contribution in [1.82, 2.24) is 5.32 Å². The van der Waals surface area contributed by atoms with Crippen LogP contribution in [-0.4, -0.2) is 24.6 Å². The summed E-state index contributed by atoms with van der Waals surface area (Å²) >= 11 is 0. The smallest absolute Gasteiger partial charge is 0.220 e. The molecule has 0 bridgehead atoms. The maximum atomic E-state index is 13.3. The van der Waals surface area contributed by atoms with E-state index in [4.69, 9.17) is 10.5 Å². The zero-order chi connectivity index (χ0) is 15.7. The number of hydrogen-bond donors (Lipinski definition) is 2. The van der Waals surface area contributed by atoms with Crippen LogP contribution in [-0.2, 0) is 4.79 Å². The van der Waals surface area contributed by atoms with Gasteiger partial charge in [0.2, 0.25) is 5.91 Å². The second kappa shape index (κ2) is 10.4. The molecular weight excluding hydrogens is 307 g/mol. The summed E-state index contributed by atoms with van der Waals surface area (Å²) in [6.07, 6.45) is 2.52. The van der Waals surface area contributed by atoms with Gasteiger partial charge in [0, 0.05) is 18.5 Å². The lowest BCUT2D eigenvalue weighted by Gasteiger charge is -2.26. The molecule has 0 aliphatic rings. The maximum Gasteiger partial charge on any atom is 0.220 e. The number of nitrogens with one attached hydrogen (secondary N) is 1. The van der Waals surface area contributed by atoms with Crippen molar-refractivity contribution in [3.05, 3.63) is 30.1 Å². The number of rotatable bonds is 9. The lowest BCUT2D eigenvalue weighted by atomic mass is 9.94. The first kappa shape index (κ1) is 20.7. The van der Waals surface area contributed by atoms with Gasteiger partial charge >= 0.3 is 0 Å². The summed E-state index contributed by atoms with van der Waals surface area (Å²) in [6.45, 7) is 4.81. The summed E-state index contributed by atoms with van der Waals surface area (Å²) in [5, 5.41) is 2.84. The Morgan fingerprint density at radius 2 is 1.95 bits per heavy atom. The first-order valence-electron chi connectivity index (χ1n) is 7.43. The van der Waals surface area contributed by atoms with Crippen LogP contribution >= 0.6 is 12.4 Å². The van der Waals surface area contributed by atoms with E-state index in [9.17, 15) is 9.18 Å². The first-order chi connectivity index (χ1) is 10.0. The highest BCUT2D eigenvalue weighted by atomic mass is 35.5. The number of carbonyl (C=O) groups is 1. The normalized spacial score (nSPS) is 10.7. The molecule has 1 amide bonds. The third-order valence-electron chi connectivity index (χ3n) is 3.69. The number of benzene rings is 1. The van der Waals surface area contributed by atoms with Crippen LogP contribution in [0, 0.1) is 5.82 Å². The summed E-state index contributed by atoms with van der Waals surface area (Å²) in [5.41, 5.74) is 5.78. The quantitative estimate of drug-likeness (QED) is 0.683. The Morgan fingerprint density at radius 1 is 1.32 bits per heavy atom. The van der Waals surface area contributed by atoms with Crippen LogP contribution in [0.25, 0.3) is 0 Å². The molecule has 126 valence electrons. The SMILES string of the molecule is CCC(N)(CC)CNC(=O)CCCOc1ccccc1F.Cl. The minimum absolute atomic E-state index is 0. The molecule has 1 aromatic rings. The molecule has 6 heteroatoms. The Labute approximate surface area is 138 Å². The van der Waals surface area contributed by atoms with E-state index in [2.05, 4.69) is 5.32 Å². The van der Waals surface area contributed by atoms with E-state index in [0.29, 0.717) is 26.0 Å². The van der Waals surface area contributed by atoms with Crippen LogP contribution in [0.4, 0.5) is 4.39 Å². The van der Waals surface area contributed by atoms with Gasteiger partial charge in [-0.2, -0.15) is 0 Å². The number of amides is 1. The van der Waals surface area contributed by atoms with Crippen molar-refractivity contribution in [3.63, 3.8) is 0 Å². The zero-order valence-corrected chi connectivity index (χ0v) is 14.0. The monoisotopic (exact) mass is 332 g/mol. The number of hydrogen-bond acceptors (Lipinski definition) is 3. The largest absolute Gasteiger partial charge is 0.491 e. The van der Waals surface area contributed by atoms with Gasteiger partial charge in [-0.25, -0.2) is 4.39 Å². The summed E-state index contributed by atoms with van der Waals surface area (Å²) in [7, 11) is 0. The van der Waals surface area contributed by atoms with Crippen molar-refractivity contribution >= 4 is 18.3 Å². The van der Waals surface area contributed by atoms with Crippen molar-refractivity contribution < 1.29 is 13.9 Å². The third-order valence-corrected chi connectivity index (χ3v) is 3.69. The minimum Gasteiger partial charge on any atom is -0.491 e. The summed E-state index contributed by atoms with van der Waals surface area (Å²) in [4.78, 5) is 11.7. The molecule has 22 heavy (non-hydrogen) atoms. The van der Waals surface area contributed by atoms with Crippen LogP contribution in [0.5, 0.6) is 5.75 Å². The van der Waals surface area contributed by atoms with Crippen LogP contribution in [0.3, 0.4) is 0 Å². The fourth-order valence-corrected chi connectivity index (χ4v) is 1.84. The molecular formula is C16H26ClFN2O2. The van der Waals surface area contributed by atoms with E-state index in [1.165, 1.54) is 6.07 Å². The van der Waals surface area contributed by atoms with E-state index >= 15 is 0 Å². The zero-order valence-electron chi connectivity index (χ0n) is 13.2. The van der Waals surface area contributed by atoms with Gasteiger partial charge in [0.1, 0.15) is 0 Å². The lowest BCUT2D eigenvalue weighted by Crippen LogP contribution is -2.49. The number of halogens is 2. The topological polar surface area (TPSA) is 64.3 Å². The predicted molar refractivity (Wildman–Crippen MR) is 88.9 cm³/mol. The minimum atomic E-state index is -0.388. The molecule has 0 unspecified atom stereocenters. The van der Waals surface area contributed by atoms with Gasteiger partial charge < -0.3 is 15.8 Å². The fraction of sp³-hybridized carbons (Fsp3) is 0.562. The van der Waals surface area contributed by atoms with E-state index < -0.39 is 0 Å². The van der Waals surface area contributed by atoms with Gasteiger partial charge in [-0.3, -0.25) is 4.79 Å². The van der Waals surface area contributed by atoms with Crippen molar-refractivity contribution in [3.8, 4) is 5.75 Å². The van der Waals surface area contributed by atoms with Crippen molar-refractivity contribution in [2.24, 2.45) is 5.73 Å². The molecule has 0 spiro atoms. The number of carbonyl (C=O) groups excluding carboxylic acids is 1. The summed E-state index contributed by atoms with van der Waals surface area (Å²) in [5.74, 6) is -0.222. The predicted octanol–water partition coefficient (Wildman–Crippen LogP) is 3.04. The second-order valence-corrected chi connectivity index (χ2v) is 5.23. The molecule has 1 aromatic carbocycles. The van der Waals surface area contributed by atoms with Crippen molar-refractivity contribution in [1.29, 1.82) is 0 Å². The number of para-hydroxylation sites is 1.